The van der Waals surface area contributed by atoms with Crippen LogP contribution in [-0.4, -0.2) is 9.97 Å². The number of hydrogen-bond donors (Lipinski definition) is 1. The summed E-state index contributed by atoms with van der Waals surface area (Å²) in [6.45, 7) is 2.00. The van der Waals surface area contributed by atoms with Crippen molar-refractivity contribution in [3.8, 4) is 17.7 Å². The predicted molar refractivity (Wildman–Crippen MR) is 67.1 cm³/mol. The van der Waals surface area contributed by atoms with Gasteiger partial charge in [-0.25, -0.2) is 9.97 Å². The van der Waals surface area contributed by atoms with Gasteiger partial charge in [-0.05, 0) is 24.6 Å². The lowest BCUT2D eigenvalue weighted by atomic mass is 10.2. The first-order valence-electron chi connectivity index (χ1n) is 5.51. The molecule has 0 spiro atoms. The van der Waals surface area contributed by atoms with Crippen LogP contribution in [0.4, 0.5) is 5.69 Å². The summed E-state index contributed by atoms with van der Waals surface area (Å²) in [5, 5.41) is 9.00. The third kappa shape index (κ3) is 2.55. The topological polar surface area (TPSA) is 84.8 Å². The number of rotatable bonds is 3. The molecule has 2 aromatic rings. The zero-order chi connectivity index (χ0) is 13.0. The first-order valence-corrected chi connectivity index (χ1v) is 5.51. The van der Waals surface area contributed by atoms with Crippen molar-refractivity contribution in [1.82, 2.24) is 9.97 Å². The molecule has 5 nitrogen and oxygen atoms in total. The van der Waals surface area contributed by atoms with Crippen LogP contribution >= 0.6 is 0 Å². The van der Waals surface area contributed by atoms with Gasteiger partial charge in [0, 0.05) is 17.4 Å². The number of nitrogens with two attached hydrogens (primary N) is 1. The first kappa shape index (κ1) is 11.9. The summed E-state index contributed by atoms with van der Waals surface area (Å²) in [5.41, 5.74) is 7.40. The normalized spacial score (nSPS) is 9.78. The average molecular weight is 240 g/mol. The van der Waals surface area contributed by atoms with Crippen molar-refractivity contribution in [3.63, 3.8) is 0 Å². The van der Waals surface area contributed by atoms with Crippen LogP contribution in [0.25, 0.3) is 0 Å². The van der Waals surface area contributed by atoms with E-state index in [1.165, 1.54) is 6.33 Å². The molecule has 0 aliphatic heterocycles. The van der Waals surface area contributed by atoms with Crippen LogP contribution in [0.1, 0.15) is 18.2 Å². The molecule has 0 aliphatic rings. The highest BCUT2D eigenvalue weighted by atomic mass is 16.5. The Labute approximate surface area is 105 Å². The van der Waals surface area contributed by atoms with Crippen molar-refractivity contribution in [3.05, 3.63) is 41.9 Å². The SMILES string of the molecule is CCc1cc(Oc2ccc(N)cc2C#N)ncn1. The van der Waals surface area contributed by atoms with E-state index in [0.717, 1.165) is 12.1 Å². The van der Waals surface area contributed by atoms with Gasteiger partial charge in [0.15, 0.2) is 0 Å². The number of nitrogens with zero attached hydrogens (tertiary/aromatic N) is 3. The minimum atomic E-state index is 0.381. The number of aryl methyl sites for hydroxylation is 1. The van der Waals surface area contributed by atoms with E-state index in [9.17, 15) is 0 Å². The van der Waals surface area contributed by atoms with E-state index in [1.807, 2.05) is 13.0 Å². The molecule has 0 atom stereocenters. The second kappa shape index (κ2) is 5.15. The maximum absolute atomic E-state index is 9.00. The maximum Gasteiger partial charge on any atom is 0.222 e. The number of nitrogen functional groups attached to an aromatic ring is 1. The molecule has 0 bridgehead atoms. The van der Waals surface area contributed by atoms with E-state index in [1.54, 1.807) is 24.3 Å². The van der Waals surface area contributed by atoms with Crippen LogP contribution in [0.5, 0.6) is 11.6 Å². The van der Waals surface area contributed by atoms with E-state index in [0.29, 0.717) is 22.9 Å². The van der Waals surface area contributed by atoms with Crippen LogP contribution in [0.15, 0.2) is 30.6 Å². The van der Waals surface area contributed by atoms with Crippen LogP contribution < -0.4 is 10.5 Å². The highest BCUT2D eigenvalue weighted by Gasteiger charge is 2.06. The van der Waals surface area contributed by atoms with Crippen LogP contribution in [-0.2, 0) is 6.42 Å². The summed E-state index contributed by atoms with van der Waals surface area (Å²) in [5.74, 6) is 0.857. The smallest absolute Gasteiger partial charge is 0.222 e. The Morgan fingerprint density at radius 3 is 2.89 bits per heavy atom. The van der Waals surface area contributed by atoms with Crippen molar-refractivity contribution in [2.75, 3.05) is 5.73 Å². The fourth-order valence-electron chi connectivity index (χ4n) is 1.46. The fourth-order valence-corrected chi connectivity index (χ4v) is 1.46. The van der Waals surface area contributed by atoms with Gasteiger partial charge in [0.25, 0.3) is 0 Å². The Kier molecular flexibility index (Phi) is 3.39. The zero-order valence-electron chi connectivity index (χ0n) is 9.92. The Hall–Kier alpha value is -2.61. The maximum atomic E-state index is 9.00. The molecule has 2 N–H and O–H groups in total. The van der Waals surface area contributed by atoms with Gasteiger partial charge in [-0.3, -0.25) is 0 Å². The molecule has 5 heteroatoms. The van der Waals surface area contributed by atoms with Gasteiger partial charge in [-0.15, -0.1) is 0 Å². The third-order valence-corrected chi connectivity index (χ3v) is 2.40. The average Bonchev–Trinajstić information content (AvgIpc) is 2.41. The lowest BCUT2D eigenvalue weighted by Gasteiger charge is -2.07. The fraction of sp³-hybridized carbons (Fsp3) is 0.154. The van der Waals surface area contributed by atoms with Gasteiger partial charge >= 0.3 is 0 Å². The van der Waals surface area contributed by atoms with E-state index in [-0.39, 0.29) is 0 Å². The summed E-state index contributed by atoms with van der Waals surface area (Å²) in [4.78, 5) is 8.09. The molecule has 0 amide bonds. The summed E-state index contributed by atoms with van der Waals surface area (Å²) in [6.07, 6.45) is 2.24. The van der Waals surface area contributed by atoms with E-state index in [4.69, 9.17) is 15.7 Å². The molecule has 0 unspecified atom stereocenters. The van der Waals surface area contributed by atoms with Gasteiger partial charge in [0.1, 0.15) is 18.1 Å². The van der Waals surface area contributed by atoms with Crippen molar-refractivity contribution < 1.29 is 4.74 Å². The molecule has 1 heterocycles. The summed E-state index contributed by atoms with van der Waals surface area (Å²) in [7, 11) is 0. The molecule has 0 aliphatic carbocycles. The summed E-state index contributed by atoms with van der Waals surface area (Å²) < 4.78 is 5.57. The predicted octanol–water partition coefficient (Wildman–Crippen LogP) is 2.29. The minimum absolute atomic E-state index is 0.381. The number of anilines is 1. The van der Waals surface area contributed by atoms with Crippen molar-refractivity contribution >= 4 is 5.69 Å². The van der Waals surface area contributed by atoms with Gasteiger partial charge < -0.3 is 10.5 Å². The van der Waals surface area contributed by atoms with E-state index < -0.39 is 0 Å². The highest BCUT2D eigenvalue weighted by molar-refractivity contribution is 5.53. The molecule has 18 heavy (non-hydrogen) atoms. The van der Waals surface area contributed by atoms with Crippen LogP contribution in [0, 0.1) is 11.3 Å². The van der Waals surface area contributed by atoms with Gasteiger partial charge in [0.2, 0.25) is 5.88 Å². The van der Waals surface area contributed by atoms with E-state index >= 15 is 0 Å². The quantitative estimate of drug-likeness (QED) is 0.832. The number of nitriles is 1. The second-order valence-electron chi connectivity index (χ2n) is 3.67. The molecule has 0 saturated carbocycles. The first-order chi connectivity index (χ1) is 8.72. The molecule has 0 radical (unpaired) electrons. The van der Waals surface area contributed by atoms with Crippen molar-refractivity contribution in [2.24, 2.45) is 0 Å². The lowest BCUT2D eigenvalue weighted by Crippen LogP contribution is -1.95. The molecule has 1 aromatic heterocycles. The number of hydrogen-bond acceptors (Lipinski definition) is 5. The Morgan fingerprint density at radius 2 is 2.17 bits per heavy atom. The number of aromatic nitrogens is 2. The second-order valence-corrected chi connectivity index (χ2v) is 3.67. The van der Waals surface area contributed by atoms with Crippen LogP contribution in [0.2, 0.25) is 0 Å². The number of benzene rings is 1. The summed E-state index contributed by atoms with van der Waals surface area (Å²) >= 11 is 0. The molecule has 0 saturated heterocycles. The third-order valence-electron chi connectivity index (χ3n) is 2.40. The number of ether oxygens (including phenoxy) is 1. The van der Waals surface area contributed by atoms with E-state index in [2.05, 4.69) is 9.97 Å². The molecular weight excluding hydrogens is 228 g/mol. The molecule has 90 valence electrons. The van der Waals surface area contributed by atoms with Gasteiger partial charge in [-0.1, -0.05) is 6.92 Å². The Balaban J connectivity index is 2.31. The van der Waals surface area contributed by atoms with Gasteiger partial charge in [0.05, 0.1) is 5.56 Å². The minimum Gasteiger partial charge on any atom is -0.438 e. The standard InChI is InChI=1S/C13H12N4O/c1-2-11-6-13(17-8-16-11)18-12-4-3-10(15)5-9(12)7-14/h3-6,8H,2,15H2,1H3. The Morgan fingerprint density at radius 1 is 1.33 bits per heavy atom. The molecule has 1 aromatic carbocycles. The summed E-state index contributed by atoms with van der Waals surface area (Å²) in [6, 6.07) is 8.68. The Bertz CT molecular complexity index is 604. The molecular formula is C13H12N4O. The zero-order valence-corrected chi connectivity index (χ0v) is 9.92. The van der Waals surface area contributed by atoms with Crippen LogP contribution in [0.3, 0.4) is 0 Å². The molecule has 2 rings (SSSR count). The largest absolute Gasteiger partial charge is 0.438 e. The van der Waals surface area contributed by atoms with Crippen molar-refractivity contribution in [2.45, 2.75) is 13.3 Å². The lowest BCUT2D eigenvalue weighted by molar-refractivity contribution is 0.459. The van der Waals surface area contributed by atoms with Gasteiger partial charge in [-0.2, -0.15) is 5.26 Å². The highest BCUT2D eigenvalue weighted by Crippen LogP contribution is 2.25. The van der Waals surface area contributed by atoms with Crippen molar-refractivity contribution in [1.29, 1.82) is 5.26 Å². The monoisotopic (exact) mass is 240 g/mol. The molecule has 0 fully saturated rings.